The van der Waals surface area contributed by atoms with Gasteiger partial charge in [0.25, 0.3) is 11.8 Å². The third kappa shape index (κ3) is 3.98. The van der Waals surface area contributed by atoms with Gasteiger partial charge in [-0.3, -0.25) is 14.5 Å². The first-order valence-electron chi connectivity index (χ1n) is 10.4. The van der Waals surface area contributed by atoms with E-state index in [9.17, 15) is 14.0 Å². The van der Waals surface area contributed by atoms with Crippen LogP contribution in [0.25, 0.3) is 5.57 Å². The average Bonchev–Trinajstić information content (AvgIpc) is 3.24. The number of carbonyl (C=O) groups excluding carboxylic acids is 2. The van der Waals surface area contributed by atoms with Crippen molar-refractivity contribution in [2.24, 2.45) is 0 Å². The molecule has 0 N–H and O–H groups in total. The maximum atomic E-state index is 13.6. The zero-order valence-electron chi connectivity index (χ0n) is 17.7. The minimum absolute atomic E-state index is 0.209. The summed E-state index contributed by atoms with van der Waals surface area (Å²) >= 11 is 6.62. The molecule has 0 aromatic heterocycles. The Morgan fingerprint density at radius 3 is 2.12 bits per heavy atom. The molecule has 3 aromatic carbocycles. The molecule has 2 heterocycles. The Hall–Kier alpha value is -3.29. The molecule has 1 saturated heterocycles. The third-order valence-corrected chi connectivity index (χ3v) is 7.16. The van der Waals surface area contributed by atoms with Crippen LogP contribution in [0.15, 0.2) is 77.7 Å². The van der Waals surface area contributed by atoms with Crippen LogP contribution in [0.4, 0.5) is 10.1 Å². The number of hydrogen-bond donors (Lipinski definition) is 0. The second-order valence-corrected chi connectivity index (χ2v) is 9.63. The number of amides is 2. The number of thioether (sulfide) groups is 1. The molecule has 3 aromatic rings. The van der Waals surface area contributed by atoms with Gasteiger partial charge in [0.1, 0.15) is 10.1 Å². The van der Waals surface area contributed by atoms with Crippen molar-refractivity contribution < 1.29 is 14.0 Å². The highest BCUT2D eigenvalue weighted by atomic mass is 32.2. The van der Waals surface area contributed by atoms with Gasteiger partial charge in [0.2, 0.25) is 0 Å². The van der Waals surface area contributed by atoms with Gasteiger partial charge >= 0.3 is 0 Å². The molecule has 0 aliphatic carbocycles. The van der Waals surface area contributed by atoms with Crippen LogP contribution in [0.2, 0.25) is 0 Å². The van der Waals surface area contributed by atoms with E-state index in [4.69, 9.17) is 12.2 Å². The van der Waals surface area contributed by atoms with Gasteiger partial charge in [-0.2, -0.15) is 0 Å². The SMILES string of the molecule is Cc1ccc(CN2C(=O)/C(=C3\SC(=S)N(Cc4ccc(F)cc4)C3=O)c3ccccc32)cc1. The summed E-state index contributed by atoms with van der Waals surface area (Å²) in [5, 5.41) is 0. The predicted molar refractivity (Wildman–Crippen MR) is 133 cm³/mol. The van der Waals surface area contributed by atoms with E-state index >= 15 is 0 Å². The summed E-state index contributed by atoms with van der Waals surface area (Å²) in [6.45, 7) is 2.66. The minimum atomic E-state index is -0.340. The van der Waals surface area contributed by atoms with Gasteiger partial charge in [-0.05, 0) is 36.2 Å². The molecule has 1 fully saturated rings. The van der Waals surface area contributed by atoms with E-state index in [1.807, 2.05) is 55.5 Å². The molecular formula is C26H19FN2O2S2. The van der Waals surface area contributed by atoms with E-state index < -0.39 is 0 Å². The van der Waals surface area contributed by atoms with Crippen LogP contribution < -0.4 is 4.90 Å². The summed E-state index contributed by atoms with van der Waals surface area (Å²) in [5.74, 6) is -0.850. The fraction of sp³-hybridized carbons (Fsp3) is 0.115. The van der Waals surface area contributed by atoms with E-state index in [1.54, 1.807) is 17.0 Å². The second kappa shape index (κ2) is 8.57. The van der Waals surface area contributed by atoms with Crippen molar-refractivity contribution in [2.75, 3.05) is 4.90 Å². The van der Waals surface area contributed by atoms with Gasteiger partial charge in [0.05, 0.1) is 29.3 Å². The predicted octanol–water partition coefficient (Wildman–Crippen LogP) is 5.45. The summed E-state index contributed by atoms with van der Waals surface area (Å²) in [5.41, 5.74) is 4.82. The lowest BCUT2D eigenvalue weighted by Crippen LogP contribution is -2.29. The average molecular weight is 475 g/mol. The van der Waals surface area contributed by atoms with E-state index in [0.717, 1.165) is 39.7 Å². The van der Waals surface area contributed by atoms with E-state index in [0.29, 0.717) is 21.3 Å². The van der Waals surface area contributed by atoms with Gasteiger partial charge in [-0.1, -0.05) is 84.1 Å². The molecule has 0 unspecified atom stereocenters. The third-order valence-electron chi connectivity index (χ3n) is 5.71. The Bertz CT molecular complexity index is 1320. The topological polar surface area (TPSA) is 40.6 Å². The number of nitrogens with zero attached hydrogens (tertiary/aromatic N) is 2. The van der Waals surface area contributed by atoms with Crippen molar-refractivity contribution in [1.29, 1.82) is 0 Å². The first-order chi connectivity index (χ1) is 15.9. The first kappa shape index (κ1) is 21.6. The van der Waals surface area contributed by atoms with Crippen LogP contribution in [0, 0.1) is 12.7 Å². The summed E-state index contributed by atoms with van der Waals surface area (Å²) in [6.07, 6.45) is 0. The number of benzene rings is 3. The standard InChI is InChI=1S/C26H19FN2O2S2/c1-16-6-8-17(9-7-16)14-28-21-5-3-2-4-20(21)22(24(28)30)23-25(31)29(26(32)33-23)15-18-10-12-19(27)13-11-18/h2-13H,14-15H2,1H3/b23-22-. The molecule has 164 valence electrons. The van der Waals surface area contributed by atoms with E-state index in [-0.39, 0.29) is 24.2 Å². The van der Waals surface area contributed by atoms with Gasteiger partial charge in [0, 0.05) is 5.56 Å². The monoisotopic (exact) mass is 474 g/mol. The lowest BCUT2D eigenvalue weighted by molar-refractivity contribution is -0.122. The highest BCUT2D eigenvalue weighted by molar-refractivity contribution is 8.26. The Morgan fingerprint density at radius 1 is 0.818 bits per heavy atom. The molecule has 2 amide bonds. The number of anilines is 1. The molecule has 33 heavy (non-hydrogen) atoms. The number of para-hydroxylation sites is 1. The molecule has 7 heteroatoms. The highest BCUT2D eigenvalue weighted by Gasteiger charge is 2.41. The molecule has 0 radical (unpaired) electrons. The van der Waals surface area contributed by atoms with Crippen LogP contribution in [-0.2, 0) is 22.7 Å². The van der Waals surface area contributed by atoms with Gasteiger partial charge in [0.15, 0.2) is 0 Å². The summed E-state index contributed by atoms with van der Waals surface area (Å²) in [6, 6.07) is 21.5. The Kier molecular flexibility index (Phi) is 5.60. The molecule has 0 bridgehead atoms. The Morgan fingerprint density at radius 2 is 1.42 bits per heavy atom. The van der Waals surface area contributed by atoms with Crippen molar-refractivity contribution >= 4 is 51.4 Å². The van der Waals surface area contributed by atoms with Crippen molar-refractivity contribution in [3.8, 4) is 0 Å². The number of aryl methyl sites for hydroxylation is 1. The zero-order valence-corrected chi connectivity index (χ0v) is 19.4. The molecule has 0 atom stereocenters. The number of thiocarbonyl (C=S) groups is 1. The maximum Gasteiger partial charge on any atom is 0.267 e. The normalized spacial score (nSPS) is 17.8. The molecule has 2 aliphatic heterocycles. The van der Waals surface area contributed by atoms with Gasteiger partial charge in [-0.15, -0.1) is 0 Å². The zero-order chi connectivity index (χ0) is 23.1. The molecular weight excluding hydrogens is 455 g/mol. The molecule has 2 aliphatic rings. The number of rotatable bonds is 4. The first-order valence-corrected chi connectivity index (χ1v) is 11.6. The largest absolute Gasteiger partial charge is 0.303 e. The van der Waals surface area contributed by atoms with E-state index in [2.05, 4.69) is 0 Å². The fourth-order valence-corrected chi connectivity index (χ4v) is 5.32. The summed E-state index contributed by atoms with van der Waals surface area (Å²) < 4.78 is 13.6. The van der Waals surface area contributed by atoms with Crippen molar-refractivity contribution in [3.05, 3.63) is 106 Å². The van der Waals surface area contributed by atoms with E-state index in [1.165, 1.54) is 17.0 Å². The van der Waals surface area contributed by atoms with Crippen molar-refractivity contribution in [3.63, 3.8) is 0 Å². The smallest absolute Gasteiger partial charge is 0.267 e. The maximum absolute atomic E-state index is 13.6. The van der Waals surface area contributed by atoms with Crippen LogP contribution >= 0.6 is 24.0 Å². The second-order valence-electron chi connectivity index (χ2n) is 7.98. The number of halogens is 1. The quantitative estimate of drug-likeness (QED) is 0.372. The fourth-order valence-electron chi connectivity index (χ4n) is 3.99. The molecule has 0 saturated carbocycles. The van der Waals surface area contributed by atoms with Crippen molar-refractivity contribution in [2.45, 2.75) is 20.0 Å². The number of carbonyl (C=O) groups is 2. The van der Waals surface area contributed by atoms with Crippen LogP contribution in [0.1, 0.15) is 22.3 Å². The minimum Gasteiger partial charge on any atom is -0.303 e. The van der Waals surface area contributed by atoms with Crippen LogP contribution in [0.5, 0.6) is 0 Å². The highest BCUT2D eigenvalue weighted by Crippen LogP contribution is 2.45. The number of hydrogen-bond acceptors (Lipinski definition) is 4. The lowest BCUT2D eigenvalue weighted by Gasteiger charge is -2.17. The number of fused-ring (bicyclic) bond motifs is 1. The summed E-state index contributed by atoms with van der Waals surface area (Å²) in [7, 11) is 0. The Balaban J connectivity index is 1.50. The molecule has 5 rings (SSSR count). The van der Waals surface area contributed by atoms with Crippen LogP contribution in [0.3, 0.4) is 0 Å². The van der Waals surface area contributed by atoms with Gasteiger partial charge < -0.3 is 4.90 Å². The van der Waals surface area contributed by atoms with Gasteiger partial charge in [-0.25, -0.2) is 4.39 Å². The molecule has 4 nitrogen and oxygen atoms in total. The molecule has 0 spiro atoms. The Labute approximate surface area is 200 Å². The van der Waals surface area contributed by atoms with Crippen LogP contribution in [-0.4, -0.2) is 21.0 Å². The summed E-state index contributed by atoms with van der Waals surface area (Å²) in [4.78, 5) is 30.4. The van der Waals surface area contributed by atoms with Crippen molar-refractivity contribution in [1.82, 2.24) is 4.90 Å². The lowest BCUT2D eigenvalue weighted by atomic mass is 10.1.